The van der Waals surface area contributed by atoms with Crippen LogP contribution >= 0.6 is 0 Å². The fraction of sp³-hybridized carbons (Fsp3) is 0.444. The molecule has 0 bridgehead atoms. The van der Waals surface area contributed by atoms with Crippen molar-refractivity contribution in [1.82, 2.24) is 15.1 Å². The highest BCUT2D eigenvalue weighted by Gasteiger charge is 2.35. The number of hydrogen-bond acceptors (Lipinski definition) is 6. The number of amides is 3. The first-order valence-corrected chi connectivity index (χ1v) is 12.3. The minimum absolute atomic E-state index is 0.0183. The number of carbonyl (C=O) groups is 3. The number of methoxy groups -OCH3 is 2. The van der Waals surface area contributed by atoms with Crippen molar-refractivity contribution in [1.29, 1.82) is 0 Å². The third kappa shape index (κ3) is 6.15. The summed E-state index contributed by atoms with van der Waals surface area (Å²) in [4.78, 5) is 43.6. The van der Waals surface area contributed by atoms with Gasteiger partial charge in [0.05, 0.1) is 26.6 Å². The fourth-order valence-electron chi connectivity index (χ4n) is 4.72. The van der Waals surface area contributed by atoms with E-state index in [4.69, 9.17) is 9.47 Å². The van der Waals surface area contributed by atoms with Crippen molar-refractivity contribution in [3.8, 4) is 11.5 Å². The summed E-state index contributed by atoms with van der Waals surface area (Å²) in [5.41, 5.74) is 1.72. The van der Waals surface area contributed by atoms with Crippen molar-refractivity contribution in [2.24, 2.45) is 5.92 Å². The second kappa shape index (κ2) is 11.9. The minimum Gasteiger partial charge on any atom is -0.493 e. The second-order valence-electron chi connectivity index (χ2n) is 9.12. The summed E-state index contributed by atoms with van der Waals surface area (Å²) in [6, 6.07) is 15.0. The number of nitrogens with zero attached hydrogens (tertiary/aromatic N) is 3. The van der Waals surface area contributed by atoms with Crippen molar-refractivity contribution < 1.29 is 23.9 Å². The molecule has 9 heteroatoms. The lowest BCUT2D eigenvalue weighted by Crippen LogP contribution is -2.50. The number of anilines is 1. The summed E-state index contributed by atoms with van der Waals surface area (Å²) >= 11 is 0. The number of hydrogen-bond donors (Lipinski definition) is 1. The van der Waals surface area contributed by atoms with Crippen LogP contribution in [0.3, 0.4) is 0 Å². The van der Waals surface area contributed by atoms with Crippen LogP contribution < -0.4 is 19.7 Å². The lowest BCUT2D eigenvalue weighted by Gasteiger charge is -2.35. The van der Waals surface area contributed by atoms with E-state index in [1.807, 2.05) is 53.4 Å². The van der Waals surface area contributed by atoms with Crippen molar-refractivity contribution >= 4 is 23.4 Å². The number of benzene rings is 2. The van der Waals surface area contributed by atoms with Gasteiger partial charge in [-0.05, 0) is 29.8 Å². The highest BCUT2D eigenvalue weighted by atomic mass is 16.5. The number of carbonyl (C=O) groups excluding carboxylic acids is 3. The van der Waals surface area contributed by atoms with E-state index in [0.29, 0.717) is 50.6 Å². The molecule has 2 aliphatic heterocycles. The number of piperazine rings is 1. The molecule has 9 nitrogen and oxygen atoms in total. The highest BCUT2D eigenvalue weighted by Crippen LogP contribution is 2.28. The third-order valence-corrected chi connectivity index (χ3v) is 6.82. The Balaban J connectivity index is 1.17. The topological polar surface area (TPSA) is 91.4 Å². The summed E-state index contributed by atoms with van der Waals surface area (Å²) in [6.07, 6.45) is 0.554. The van der Waals surface area contributed by atoms with Crippen LogP contribution in [-0.4, -0.2) is 87.6 Å². The smallest absolute Gasteiger partial charge is 0.227 e. The molecule has 0 radical (unpaired) electrons. The summed E-state index contributed by atoms with van der Waals surface area (Å²) in [6.45, 7) is 4.48. The molecule has 2 aromatic rings. The van der Waals surface area contributed by atoms with Crippen molar-refractivity contribution in [3.05, 3.63) is 54.1 Å². The summed E-state index contributed by atoms with van der Waals surface area (Å²) in [7, 11) is 3.17. The summed E-state index contributed by atoms with van der Waals surface area (Å²) in [5, 5.41) is 2.99. The Labute approximate surface area is 211 Å². The van der Waals surface area contributed by atoms with Gasteiger partial charge in [-0.3, -0.25) is 19.3 Å². The molecule has 0 spiro atoms. The van der Waals surface area contributed by atoms with Crippen molar-refractivity contribution in [2.45, 2.75) is 12.8 Å². The zero-order valence-electron chi connectivity index (χ0n) is 20.9. The Morgan fingerprint density at radius 1 is 0.972 bits per heavy atom. The molecular formula is C27H34N4O5. The van der Waals surface area contributed by atoms with Gasteiger partial charge in [0.1, 0.15) is 0 Å². The molecule has 2 fully saturated rings. The molecule has 0 aliphatic carbocycles. The van der Waals surface area contributed by atoms with E-state index >= 15 is 0 Å². The maximum absolute atomic E-state index is 12.8. The predicted octanol–water partition coefficient (Wildman–Crippen LogP) is 1.56. The molecule has 0 saturated carbocycles. The van der Waals surface area contributed by atoms with Gasteiger partial charge in [-0.1, -0.05) is 24.3 Å². The largest absolute Gasteiger partial charge is 0.493 e. The number of rotatable bonds is 9. The minimum atomic E-state index is -0.330. The average molecular weight is 495 g/mol. The Hall–Kier alpha value is -3.59. The molecule has 2 saturated heterocycles. The molecule has 1 unspecified atom stereocenters. The van der Waals surface area contributed by atoms with Gasteiger partial charge in [0.15, 0.2) is 11.5 Å². The Morgan fingerprint density at radius 2 is 1.69 bits per heavy atom. The van der Waals surface area contributed by atoms with Crippen LogP contribution in [0.1, 0.15) is 12.0 Å². The lowest BCUT2D eigenvalue weighted by atomic mass is 10.1. The van der Waals surface area contributed by atoms with Crippen molar-refractivity contribution in [2.75, 3.05) is 64.9 Å². The van der Waals surface area contributed by atoms with Crippen LogP contribution in [0.15, 0.2) is 48.5 Å². The molecule has 0 aromatic heterocycles. The van der Waals surface area contributed by atoms with E-state index in [1.165, 1.54) is 0 Å². The van der Waals surface area contributed by atoms with E-state index in [9.17, 15) is 14.4 Å². The van der Waals surface area contributed by atoms with Gasteiger partial charge in [-0.25, -0.2) is 0 Å². The highest BCUT2D eigenvalue weighted by molar-refractivity contribution is 6.00. The average Bonchev–Trinajstić information content (AvgIpc) is 3.31. The Bertz CT molecular complexity index is 1070. The van der Waals surface area contributed by atoms with E-state index < -0.39 is 0 Å². The third-order valence-electron chi connectivity index (χ3n) is 6.82. The van der Waals surface area contributed by atoms with Gasteiger partial charge in [-0.2, -0.15) is 0 Å². The number of para-hydroxylation sites is 1. The first-order chi connectivity index (χ1) is 17.5. The first kappa shape index (κ1) is 25.5. The quantitative estimate of drug-likeness (QED) is 0.569. The predicted molar refractivity (Wildman–Crippen MR) is 136 cm³/mol. The summed E-state index contributed by atoms with van der Waals surface area (Å²) < 4.78 is 10.6. The van der Waals surface area contributed by atoms with E-state index in [-0.39, 0.29) is 30.1 Å². The molecule has 3 amide bonds. The number of nitrogens with one attached hydrogen (secondary N) is 1. The molecule has 36 heavy (non-hydrogen) atoms. The van der Waals surface area contributed by atoms with E-state index in [1.54, 1.807) is 19.1 Å². The molecule has 192 valence electrons. The summed E-state index contributed by atoms with van der Waals surface area (Å²) in [5.74, 6) is 0.917. The zero-order chi connectivity index (χ0) is 25.5. The van der Waals surface area contributed by atoms with Gasteiger partial charge in [0.2, 0.25) is 17.7 Å². The van der Waals surface area contributed by atoms with Gasteiger partial charge in [0.25, 0.3) is 0 Å². The van der Waals surface area contributed by atoms with E-state index in [0.717, 1.165) is 24.3 Å². The Morgan fingerprint density at radius 3 is 2.39 bits per heavy atom. The van der Waals surface area contributed by atoms with Crippen LogP contribution in [0, 0.1) is 5.92 Å². The zero-order valence-corrected chi connectivity index (χ0v) is 20.9. The molecule has 1 atom stereocenters. The van der Waals surface area contributed by atoms with Gasteiger partial charge in [0, 0.05) is 57.9 Å². The molecule has 2 aliphatic rings. The maximum Gasteiger partial charge on any atom is 0.227 e. The van der Waals surface area contributed by atoms with Crippen LogP contribution in [0.25, 0.3) is 0 Å². The molecule has 2 heterocycles. The standard InChI is InChI=1S/C27H34N4O5/c1-35-23-9-8-20(16-24(23)36-2)17-25(32)30-14-12-29(13-15-30)11-10-28-27(34)21-18-26(33)31(19-21)22-6-4-3-5-7-22/h3-9,16,21H,10-15,17-19H2,1-2H3,(H,28,34). The van der Waals surface area contributed by atoms with Gasteiger partial charge >= 0.3 is 0 Å². The van der Waals surface area contributed by atoms with Crippen molar-refractivity contribution in [3.63, 3.8) is 0 Å². The lowest BCUT2D eigenvalue weighted by molar-refractivity contribution is -0.132. The Kier molecular flexibility index (Phi) is 8.43. The first-order valence-electron chi connectivity index (χ1n) is 12.3. The normalized spacial score (nSPS) is 18.3. The molecular weight excluding hydrogens is 460 g/mol. The monoisotopic (exact) mass is 494 g/mol. The second-order valence-corrected chi connectivity index (χ2v) is 9.12. The molecule has 1 N–H and O–H groups in total. The van der Waals surface area contributed by atoms with Crippen LogP contribution in [0.2, 0.25) is 0 Å². The molecule has 4 rings (SSSR count). The number of ether oxygens (including phenoxy) is 2. The fourth-order valence-corrected chi connectivity index (χ4v) is 4.72. The van der Waals surface area contributed by atoms with Gasteiger partial charge in [-0.15, -0.1) is 0 Å². The maximum atomic E-state index is 12.8. The van der Waals surface area contributed by atoms with Crippen LogP contribution in [0.5, 0.6) is 11.5 Å². The van der Waals surface area contributed by atoms with Crippen LogP contribution in [0.4, 0.5) is 5.69 Å². The van der Waals surface area contributed by atoms with E-state index in [2.05, 4.69) is 10.2 Å². The molecule has 2 aromatic carbocycles. The SMILES string of the molecule is COc1ccc(CC(=O)N2CCN(CCNC(=O)C3CC(=O)N(c4ccccc4)C3)CC2)cc1OC. The van der Waals surface area contributed by atoms with Crippen LogP contribution in [-0.2, 0) is 20.8 Å². The van der Waals surface area contributed by atoms with Gasteiger partial charge < -0.3 is 24.6 Å².